The first kappa shape index (κ1) is 27.0. The van der Waals surface area contributed by atoms with E-state index in [4.69, 9.17) is 16.3 Å². The van der Waals surface area contributed by atoms with Crippen LogP contribution < -0.4 is 19.7 Å². The summed E-state index contributed by atoms with van der Waals surface area (Å²) in [5.74, 6) is -0.455. The van der Waals surface area contributed by atoms with Crippen molar-refractivity contribution in [3.8, 4) is 5.75 Å². The number of hydrogen-bond acceptors (Lipinski definition) is 5. The van der Waals surface area contributed by atoms with Gasteiger partial charge in [0.1, 0.15) is 12.3 Å². The minimum atomic E-state index is -4.13. The number of nitrogens with zero attached hydrogens (tertiary/aromatic N) is 1. The number of rotatable bonds is 10. The number of methoxy groups -OCH3 is 1. The molecule has 36 heavy (non-hydrogen) atoms. The molecular formula is C26H28ClN3O5S. The molecule has 0 bridgehead atoms. The van der Waals surface area contributed by atoms with E-state index in [0.29, 0.717) is 10.8 Å². The number of carbonyl (C=O) groups excluding carboxylic acids is 2. The zero-order valence-electron chi connectivity index (χ0n) is 20.2. The number of benzene rings is 3. The fourth-order valence-electron chi connectivity index (χ4n) is 3.31. The lowest BCUT2D eigenvalue weighted by molar-refractivity contribution is -0.114. The predicted molar refractivity (Wildman–Crippen MR) is 141 cm³/mol. The quantitative estimate of drug-likeness (QED) is 0.396. The summed E-state index contributed by atoms with van der Waals surface area (Å²) in [6, 6.07) is 18.5. The zero-order valence-corrected chi connectivity index (χ0v) is 21.8. The van der Waals surface area contributed by atoms with Gasteiger partial charge in [-0.25, -0.2) is 8.42 Å². The average molecular weight is 530 g/mol. The average Bonchev–Trinajstić information content (AvgIpc) is 2.88. The van der Waals surface area contributed by atoms with Crippen LogP contribution in [0.4, 0.5) is 11.4 Å². The number of anilines is 2. The third-order valence-corrected chi connectivity index (χ3v) is 7.52. The molecule has 3 rings (SSSR count). The van der Waals surface area contributed by atoms with Crippen LogP contribution in [0.5, 0.6) is 5.75 Å². The van der Waals surface area contributed by atoms with Gasteiger partial charge in [-0.15, -0.1) is 0 Å². The molecule has 190 valence electrons. The molecule has 0 aliphatic rings. The highest BCUT2D eigenvalue weighted by Crippen LogP contribution is 2.27. The normalized spacial score (nSPS) is 11.9. The van der Waals surface area contributed by atoms with E-state index in [0.717, 1.165) is 10.7 Å². The molecule has 2 amide bonds. The summed E-state index contributed by atoms with van der Waals surface area (Å²) in [6.45, 7) is 3.30. The Morgan fingerprint density at radius 1 is 1.00 bits per heavy atom. The molecule has 0 radical (unpaired) electrons. The molecule has 0 spiro atoms. The molecule has 0 fully saturated rings. The molecule has 1 atom stereocenters. The lowest BCUT2D eigenvalue weighted by Crippen LogP contribution is -2.38. The van der Waals surface area contributed by atoms with Gasteiger partial charge < -0.3 is 15.4 Å². The first-order valence-corrected chi connectivity index (χ1v) is 13.1. The topological polar surface area (TPSA) is 105 Å². The molecule has 8 nitrogen and oxygen atoms in total. The smallest absolute Gasteiger partial charge is 0.264 e. The van der Waals surface area contributed by atoms with Crippen LogP contribution in [-0.4, -0.2) is 39.9 Å². The summed E-state index contributed by atoms with van der Waals surface area (Å²) in [5.41, 5.74) is 0.816. The number of para-hydroxylation sites is 1. The van der Waals surface area contributed by atoms with Crippen molar-refractivity contribution in [2.75, 3.05) is 23.3 Å². The molecule has 10 heteroatoms. The lowest BCUT2D eigenvalue weighted by Gasteiger charge is -2.24. The number of sulfonamides is 1. The van der Waals surface area contributed by atoms with Crippen molar-refractivity contribution in [3.05, 3.63) is 83.4 Å². The van der Waals surface area contributed by atoms with Gasteiger partial charge in [-0.1, -0.05) is 30.7 Å². The lowest BCUT2D eigenvalue weighted by atomic mass is 10.1. The molecule has 0 saturated carbocycles. The Morgan fingerprint density at radius 2 is 1.64 bits per heavy atom. The SMILES string of the molecule is CC[C@@H](C)NC(=O)c1ccccc1NC(=O)CN(c1ccc(Cl)cc1)S(=O)(=O)c1ccc(OC)cc1. The summed E-state index contributed by atoms with van der Waals surface area (Å²) in [7, 11) is -2.65. The largest absolute Gasteiger partial charge is 0.497 e. The Balaban J connectivity index is 1.91. The monoisotopic (exact) mass is 529 g/mol. The van der Waals surface area contributed by atoms with Gasteiger partial charge in [0, 0.05) is 11.1 Å². The number of halogens is 1. The first-order valence-electron chi connectivity index (χ1n) is 11.3. The van der Waals surface area contributed by atoms with Gasteiger partial charge >= 0.3 is 0 Å². The second-order valence-corrected chi connectivity index (χ2v) is 10.3. The number of nitrogens with one attached hydrogen (secondary N) is 2. The van der Waals surface area contributed by atoms with E-state index >= 15 is 0 Å². The van der Waals surface area contributed by atoms with Crippen LogP contribution in [0.1, 0.15) is 30.6 Å². The van der Waals surface area contributed by atoms with E-state index in [-0.39, 0.29) is 33.8 Å². The number of carbonyl (C=O) groups is 2. The number of amides is 2. The standard InChI is InChI=1S/C26H28ClN3O5S/c1-4-18(2)28-26(32)23-7-5-6-8-24(23)29-25(31)17-30(20-11-9-19(27)10-12-20)36(33,34)22-15-13-21(35-3)14-16-22/h5-16,18H,4,17H2,1-3H3,(H,28,32)(H,29,31)/t18-/m1/s1. The summed E-state index contributed by atoms with van der Waals surface area (Å²) < 4.78 is 33.2. The molecular weight excluding hydrogens is 502 g/mol. The highest BCUT2D eigenvalue weighted by molar-refractivity contribution is 7.92. The molecule has 0 aliphatic heterocycles. The van der Waals surface area contributed by atoms with Gasteiger partial charge in [-0.3, -0.25) is 13.9 Å². The molecule has 0 aromatic heterocycles. The van der Waals surface area contributed by atoms with Crippen LogP contribution in [-0.2, 0) is 14.8 Å². The number of ether oxygens (including phenoxy) is 1. The van der Waals surface area contributed by atoms with Crippen molar-refractivity contribution < 1.29 is 22.7 Å². The zero-order chi connectivity index (χ0) is 26.3. The van der Waals surface area contributed by atoms with E-state index in [1.54, 1.807) is 36.4 Å². The fraction of sp³-hybridized carbons (Fsp3) is 0.231. The predicted octanol–water partition coefficient (Wildman–Crippen LogP) is 4.71. The van der Waals surface area contributed by atoms with Gasteiger partial charge in [0.15, 0.2) is 0 Å². The van der Waals surface area contributed by atoms with Gasteiger partial charge in [0.05, 0.1) is 28.9 Å². The minimum Gasteiger partial charge on any atom is -0.497 e. The van der Waals surface area contributed by atoms with Crippen molar-refractivity contribution in [2.24, 2.45) is 0 Å². The summed E-state index contributed by atoms with van der Waals surface area (Å²) >= 11 is 5.99. The molecule has 2 N–H and O–H groups in total. The van der Waals surface area contributed by atoms with E-state index < -0.39 is 22.5 Å². The number of hydrogen-bond donors (Lipinski definition) is 2. The molecule has 0 unspecified atom stereocenters. The second-order valence-electron chi connectivity index (χ2n) is 8.04. The van der Waals surface area contributed by atoms with E-state index in [1.807, 2.05) is 13.8 Å². The molecule has 0 heterocycles. The highest BCUT2D eigenvalue weighted by atomic mass is 35.5. The van der Waals surface area contributed by atoms with Gasteiger partial charge in [0.2, 0.25) is 5.91 Å². The van der Waals surface area contributed by atoms with Crippen LogP contribution in [0.2, 0.25) is 5.02 Å². The van der Waals surface area contributed by atoms with Crippen molar-refractivity contribution in [2.45, 2.75) is 31.2 Å². The van der Waals surface area contributed by atoms with Crippen LogP contribution in [0.3, 0.4) is 0 Å². The van der Waals surface area contributed by atoms with Crippen LogP contribution >= 0.6 is 11.6 Å². The maximum Gasteiger partial charge on any atom is 0.264 e. The first-order chi connectivity index (χ1) is 17.1. The van der Waals surface area contributed by atoms with Crippen molar-refractivity contribution in [3.63, 3.8) is 0 Å². The Kier molecular flexibility index (Phi) is 8.95. The Labute approximate surface area is 216 Å². The third-order valence-electron chi connectivity index (χ3n) is 5.48. The van der Waals surface area contributed by atoms with E-state index in [9.17, 15) is 18.0 Å². The molecule has 0 aliphatic carbocycles. The second kappa shape index (κ2) is 11.9. The third kappa shape index (κ3) is 6.56. The van der Waals surface area contributed by atoms with Gasteiger partial charge in [0.25, 0.3) is 15.9 Å². The molecule has 3 aromatic carbocycles. The van der Waals surface area contributed by atoms with E-state index in [1.165, 1.54) is 43.5 Å². The molecule has 0 saturated heterocycles. The fourth-order valence-corrected chi connectivity index (χ4v) is 4.86. The van der Waals surface area contributed by atoms with E-state index in [2.05, 4.69) is 10.6 Å². The van der Waals surface area contributed by atoms with Crippen LogP contribution in [0.25, 0.3) is 0 Å². The Bertz CT molecular complexity index is 1310. The van der Waals surface area contributed by atoms with Crippen LogP contribution in [0, 0.1) is 0 Å². The summed E-state index contributed by atoms with van der Waals surface area (Å²) in [6.07, 6.45) is 0.750. The van der Waals surface area contributed by atoms with Gasteiger partial charge in [-0.05, 0) is 74.0 Å². The van der Waals surface area contributed by atoms with Gasteiger partial charge in [-0.2, -0.15) is 0 Å². The molecule has 3 aromatic rings. The van der Waals surface area contributed by atoms with Crippen molar-refractivity contribution in [1.29, 1.82) is 0 Å². The summed E-state index contributed by atoms with van der Waals surface area (Å²) in [4.78, 5) is 25.8. The van der Waals surface area contributed by atoms with Crippen molar-refractivity contribution in [1.82, 2.24) is 5.32 Å². The highest BCUT2D eigenvalue weighted by Gasteiger charge is 2.28. The minimum absolute atomic E-state index is 0.0145. The maximum atomic E-state index is 13.5. The van der Waals surface area contributed by atoms with Crippen LogP contribution in [0.15, 0.2) is 77.7 Å². The Morgan fingerprint density at radius 3 is 2.25 bits per heavy atom. The maximum absolute atomic E-state index is 13.5. The summed E-state index contributed by atoms with van der Waals surface area (Å²) in [5, 5.41) is 5.97. The van der Waals surface area contributed by atoms with Crippen molar-refractivity contribution >= 4 is 44.8 Å². The Hall–Kier alpha value is -3.56.